The fourth-order valence-electron chi connectivity index (χ4n) is 5.73. The smallest absolute Gasteiger partial charge is 0.254 e. The monoisotopic (exact) mass is 383 g/mol. The standard InChI is InChI=1S/C24H51OSi/c1-10-13-16-19-22(4,5)26(25,23(6,7)20-17-14-11-2)24(8,9)21-18-15-12-3/h10-21H2,1-9H3. The number of hydrogen-bond donors (Lipinski definition) is 0. The van der Waals surface area contributed by atoms with Crippen LogP contribution in [-0.4, -0.2) is 8.32 Å². The fourth-order valence-corrected chi connectivity index (χ4v) is 12.8. The summed E-state index contributed by atoms with van der Waals surface area (Å²) in [4.78, 5) is 15.1. The first-order valence-electron chi connectivity index (χ1n) is 11.6. The highest BCUT2D eigenvalue weighted by molar-refractivity contribution is 6.80. The van der Waals surface area contributed by atoms with Gasteiger partial charge in [0.15, 0.2) is 0 Å². The van der Waals surface area contributed by atoms with Crippen molar-refractivity contribution in [3.05, 3.63) is 0 Å². The van der Waals surface area contributed by atoms with Crippen molar-refractivity contribution in [2.24, 2.45) is 0 Å². The van der Waals surface area contributed by atoms with Gasteiger partial charge < -0.3 is 0 Å². The highest BCUT2D eigenvalue weighted by atomic mass is 28.4. The average Bonchev–Trinajstić information content (AvgIpc) is 2.54. The van der Waals surface area contributed by atoms with Crippen molar-refractivity contribution >= 4 is 8.32 Å². The average molecular weight is 384 g/mol. The lowest BCUT2D eigenvalue weighted by Crippen LogP contribution is -2.60. The molecule has 0 aliphatic rings. The van der Waals surface area contributed by atoms with E-state index in [4.69, 9.17) is 0 Å². The molecule has 0 fully saturated rings. The molecular weight excluding hydrogens is 332 g/mol. The summed E-state index contributed by atoms with van der Waals surface area (Å²) < 4.78 is 0. The van der Waals surface area contributed by atoms with Crippen LogP contribution in [0.15, 0.2) is 0 Å². The van der Waals surface area contributed by atoms with Crippen LogP contribution in [0.5, 0.6) is 0 Å². The molecule has 0 aliphatic carbocycles. The Labute approximate surface area is 167 Å². The molecule has 1 radical (unpaired) electrons. The molecule has 0 bridgehead atoms. The summed E-state index contributed by atoms with van der Waals surface area (Å²) in [5, 5.41) is -0.144. The van der Waals surface area contributed by atoms with Crippen LogP contribution in [0.4, 0.5) is 0 Å². The lowest BCUT2D eigenvalue weighted by atomic mass is 10.0. The molecule has 0 unspecified atom stereocenters. The van der Waals surface area contributed by atoms with E-state index in [-0.39, 0.29) is 15.1 Å². The molecule has 0 aliphatic heterocycles. The molecule has 0 aromatic carbocycles. The minimum absolute atomic E-state index is 0.0480. The van der Waals surface area contributed by atoms with E-state index in [1.807, 2.05) is 0 Å². The van der Waals surface area contributed by atoms with Gasteiger partial charge in [0.2, 0.25) is 0 Å². The molecule has 1 nitrogen and oxygen atoms in total. The van der Waals surface area contributed by atoms with Gasteiger partial charge in [-0.15, -0.1) is 0 Å². The molecule has 157 valence electrons. The molecule has 0 saturated heterocycles. The van der Waals surface area contributed by atoms with E-state index in [1.165, 1.54) is 57.8 Å². The number of unbranched alkanes of at least 4 members (excludes halogenated alkanes) is 6. The zero-order chi connectivity index (χ0) is 20.5. The van der Waals surface area contributed by atoms with Gasteiger partial charge in [0.1, 0.15) is 0 Å². The normalized spacial score (nSPS) is 14.1. The van der Waals surface area contributed by atoms with Gasteiger partial charge in [-0.1, -0.05) is 120 Å². The van der Waals surface area contributed by atoms with Gasteiger partial charge in [0.05, 0.1) is 0 Å². The third-order valence-electron chi connectivity index (χ3n) is 7.08. The molecule has 0 saturated carbocycles. The van der Waals surface area contributed by atoms with E-state index in [0.29, 0.717) is 0 Å². The van der Waals surface area contributed by atoms with E-state index >= 15 is 4.80 Å². The van der Waals surface area contributed by atoms with Gasteiger partial charge in [-0.2, -0.15) is 0 Å². The van der Waals surface area contributed by atoms with Crippen molar-refractivity contribution in [2.45, 2.75) is 154 Å². The van der Waals surface area contributed by atoms with Gasteiger partial charge in [0, 0.05) is 0 Å². The van der Waals surface area contributed by atoms with Crippen molar-refractivity contribution < 1.29 is 4.80 Å². The second-order valence-electron chi connectivity index (χ2n) is 10.7. The summed E-state index contributed by atoms with van der Waals surface area (Å²) in [6.45, 7) is 20.8. The molecular formula is C24H51OSi. The summed E-state index contributed by atoms with van der Waals surface area (Å²) in [5.74, 6) is 0. The van der Waals surface area contributed by atoms with Crippen LogP contribution in [-0.2, 0) is 4.80 Å². The Balaban J connectivity index is 5.74. The minimum Gasteiger partial charge on any atom is -0.296 e. The minimum atomic E-state index is -2.83. The largest absolute Gasteiger partial charge is 0.296 e. The van der Waals surface area contributed by atoms with E-state index in [0.717, 1.165) is 19.3 Å². The third kappa shape index (κ3) is 6.36. The van der Waals surface area contributed by atoms with Crippen molar-refractivity contribution in [1.82, 2.24) is 0 Å². The zero-order valence-electron chi connectivity index (χ0n) is 19.9. The van der Waals surface area contributed by atoms with E-state index < -0.39 is 8.32 Å². The third-order valence-corrected chi connectivity index (χ3v) is 13.5. The van der Waals surface area contributed by atoms with Crippen LogP contribution in [0.2, 0.25) is 15.1 Å². The van der Waals surface area contributed by atoms with E-state index in [1.54, 1.807) is 0 Å². The molecule has 0 aromatic heterocycles. The highest BCUT2D eigenvalue weighted by Crippen LogP contribution is 2.65. The lowest BCUT2D eigenvalue weighted by Gasteiger charge is -2.56. The van der Waals surface area contributed by atoms with Crippen molar-refractivity contribution in [2.75, 3.05) is 0 Å². The van der Waals surface area contributed by atoms with E-state index in [9.17, 15) is 0 Å². The second kappa shape index (κ2) is 11.2. The second-order valence-corrected chi connectivity index (χ2v) is 16.1. The Kier molecular flexibility index (Phi) is 11.3. The molecule has 0 rings (SSSR count). The van der Waals surface area contributed by atoms with Gasteiger partial charge in [-0.25, -0.2) is 0 Å². The predicted molar refractivity (Wildman–Crippen MR) is 121 cm³/mol. The SMILES string of the molecule is CCCCCC(C)(C)[Si]([O])(C(C)(C)CCCCC)C(C)(C)CCCCC. The maximum absolute atomic E-state index is 15.1. The summed E-state index contributed by atoms with van der Waals surface area (Å²) in [6.07, 6.45) is 14.5. The predicted octanol–water partition coefficient (Wildman–Crippen LogP) is 9.44. The Morgan fingerprint density at radius 3 is 0.923 bits per heavy atom. The Hall–Kier alpha value is 0.177. The maximum Gasteiger partial charge on any atom is 0.254 e. The molecule has 26 heavy (non-hydrogen) atoms. The molecule has 0 atom stereocenters. The van der Waals surface area contributed by atoms with Crippen LogP contribution < -0.4 is 0 Å². The molecule has 0 amide bonds. The van der Waals surface area contributed by atoms with Gasteiger partial charge in [0.25, 0.3) is 8.32 Å². The van der Waals surface area contributed by atoms with Crippen LogP contribution in [0.1, 0.15) is 139 Å². The van der Waals surface area contributed by atoms with Crippen molar-refractivity contribution in [3.63, 3.8) is 0 Å². The molecule has 0 N–H and O–H groups in total. The maximum atomic E-state index is 15.1. The van der Waals surface area contributed by atoms with Crippen molar-refractivity contribution in [1.29, 1.82) is 0 Å². The first-order chi connectivity index (χ1) is 11.9. The first-order valence-corrected chi connectivity index (χ1v) is 13.5. The molecule has 0 aromatic rings. The van der Waals surface area contributed by atoms with Crippen LogP contribution >= 0.6 is 0 Å². The molecule has 0 heterocycles. The Morgan fingerprint density at radius 2 is 0.731 bits per heavy atom. The molecule has 2 heteroatoms. The zero-order valence-corrected chi connectivity index (χ0v) is 20.9. The van der Waals surface area contributed by atoms with Gasteiger partial charge in [-0.05, 0) is 34.4 Å². The molecule has 0 spiro atoms. The summed E-state index contributed by atoms with van der Waals surface area (Å²) in [7, 11) is -2.83. The Bertz CT molecular complexity index is 315. The fraction of sp³-hybridized carbons (Fsp3) is 1.00. The first kappa shape index (κ1) is 26.2. The number of rotatable bonds is 15. The lowest BCUT2D eigenvalue weighted by molar-refractivity contribution is 0.255. The van der Waals surface area contributed by atoms with Crippen LogP contribution in [0, 0.1) is 0 Å². The van der Waals surface area contributed by atoms with Gasteiger partial charge >= 0.3 is 0 Å². The number of hydrogen-bond acceptors (Lipinski definition) is 0. The Morgan fingerprint density at radius 1 is 0.500 bits per heavy atom. The van der Waals surface area contributed by atoms with Crippen LogP contribution in [0.25, 0.3) is 0 Å². The quantitative estimate of drug-likeness (QED) is 0.198. The summed E-state index contributed by atoms with van der Waals surface area (Å²) >= 11 is 0. The summed E-state index contributed by atoms with van der Waals surface area (Å²) in [6, 6.07) is 0. The van der Waals surface area contributed by atoms with Crippen LogP contribution in [0.3, 0.4) is 0 Å². The topological polar surface area (TPSA) is 19.9 Å². The van der Waals surface area contributed by atoms with Crippen molar-refractivity contribution in [3.8, 4) is 0 Å². The summed E-state index contributed by atoms with van der Waals surface area (Å²) in [5.41, 5.74) is 0. The highest BCUT2D eigenvalue weighted by Gasteiger charge is 2.65. The van der Waals surface area contributed by atoms with Gasteiger partial charge in [-0.3, -0.25) is 4.80 Å². The van der Waals surface area contributed by atoms with E-state index in [2.05, 4.69) is 62.3 Å².